The fourth-order valence-electron chi connectivity index (χ4n) is 8.77. The summed E-state index contributed by atoms with van der Waals surface area (Å²) in [5.41, 5.74) is 22.8. The van der Waals surface area contributed by atoms with Crippen molar-refractivity contribution in [2.24, 2.45) is 22.9 Å². The molecule has 0 aliphatic heterocycles. The second-order valence-electron chi connectivity index (χ2n) is 20.0. The van der Waals surface area contributed by atoms with Crippen molar-refractivity contribution in [2.75, 3.05) is 26.2 Å². The summed E-state index contributed by atoms with van der Waals surface area (Å²) in [4.78, 5) is 79.8. The average molecular weight is 1000 g/mol. The number of nitrogens with one attached hydrogen (secondary N) is 5. The van der Waals surface area contributed by atoms with Gasteiger partial charge in [-0.15, -0.1) is 0 Å². The monoisotopic (exact) mass is 1000 g/mol. The largest absolute Gasteiger partial charge is 0.368 e. The first-order valence-electron chi connectivity index (χ1n) is 29.1. The number of primary amides is 1. The van der Waals surface area contributed by atoms with Crippen LogP contribution in [-0.4, -0.2) is 79.7 Å². The van der Waals surface area contributed by atoms with Crippen molar-refractivity contribution in [3.8, 4) is 0 Å². The smallest absolute Gasteiger partial charge is 0.268 e. The topological polar surface area (TPSA) is 267 Å². The summed E-state index contributed by atoms with van der Waals surface area (Å²) in [7, 11) is 0. The van der Waals surface area contributed by atoms with E-state index in [4.69, 9.17) is 22.9 Å². The van der Waals surface area contributed by atoms with Gasteiger partial charge >= 0.3 is 0 Å². The van der Waals surface area contributed by atoms with Crippen molar-refractivity contribution in [1.29, 1.82) is 0 Å². The van der Waals surface area contributed by atoms with E-state index in [1.54, 1.807) is 6.08 Å². The number of carbonyl (C=O) groups is 6. The van der Waals surface area contributed by atoms with Crippen molar-refractivity contribution in [3.63, 3.8) is 0 Å². The normalized spacial score (nSPS) is 12.8. The van der Waals surface area contributed by atoms with Crippen molar-refractivity contribution in [1.82, 2.24) is 26.6 Å². The van der Waals surface area contributed by atoms with Crippen LogP contribution in [0.25, 0.3) is 0 Å². The SMILES string of the molecule is CCCCCCCCCCCCCCCC(=O)NCCC/C=C(\NC(=O)CCCCCCCCCCCCCCC)C(=O)NC(CCCCN)C(=O)NC(CCCCN)C(=O)N[C@H](CCCCN)C(N)=O. The van der Waals surface area contributed by atoms with Gasteiger partial charge in [-0.25, -0.2) is 0 Å². The highest BCUT2D eigenvalue weighted by Gasteiger charge is 2.29. The molecule has 0 aliphatic rings. The van der Waals surface area contributed by atoms with E-state index in [1.165, 1.54) is 122 Å². The minimum absolute atomic E-state index is 0.0132. The number of nitrogens with two attached hydrogens (primary N) is 4. The van der Waals surface area contributed by atoms with Crippen LogP contribution in [0, 0.1) is 0 Å². The van der Waals surface area contributed by atoms with Crippen molar-refractivity contribution < 1.29 is 28.8 Å². The van der Waals surface area contributed by atoms with Crippen LogP contribution in [0.2, 0.25) is 0 Å². The van der Waals surface area contributed by atoms with Gasteiger partial charge in [0.1, 0.15) is 23.8 Å². The first-order chi connectivity index (χ1) is 34.5. The Hall–Kier alpha value is -3.56. The predicted molar refractivity (Wildman–Crippen MR) is 293 cm³/mol. The van der Waals surface area contributed by atoms with E-state index in [2.05, 4.69) is 40.4 Å². The Morgan fingerprint density at radius 3 is 1.15 bits per heavy atom. The molecular formula is C56H109N9O6. The lowest BCUT2D eigenvalue weighted by molar-refractivity contribution is -0.133. The van der Waals surface area contributed by atoms with E-state index in [0.717, 1.165) is 38.5 Å². The van der Waals surface area contributed by atoms with Gasteiger partial charge in [0.05, 0.1) is 0 Å². The van der Waals surface area contributed by atoms with Gasteiger partial charge in [0.2, 0.25) is 29.5 Å². The molecule has 0 saturated carbocycles. The Morgan fingerprint density at radius 1 is 0.408 bits per heavy atom. The number of hydrogen-bond donors (Lipinski definition) is 9. The third-order valence-corrected chi connectivity index (χ3v) is 13.3. The number of carbonyl (C=O) groups excluding carboxylic acids is 6. The Morgan fingerprint density at radius 2 is 0.761 bits per heavy atom. The zero-order valence-electron chi connectivity index (χ0n) is 45.5. The molecule has 0 rings (SSSR count). The fraction of sp³-hybridized carbons (Fsp3) is 0.857. The van der Waals surface area contributed by atoms with E-state index in [9.17, 15) is 28.8 Å². The molecule has 15 nitrogen and oxygen atoms in total. The lowest BCUT2D eigenvalue weighted by Gasteiger charge is -2.25. The van der Waals surface area contributed by atoms with Crippen LogP contribution in [-0.2, 0) is 28.8 Å². The van der Waals surface area contributed by atoms with Gasteiger partial charge in [-0.3, -0.25) is 28.8 Å². The summed E-state index contributed by atoms with van der Waals surface area (Å²) < 4.78 is 0. The number of rotatable bonds is 52. The first kappa shape index (κ1) is 67.4. The maximum atomic E-state index is 14.0. The van der Waals surface area contributed by atoms with Gasteiger partial charge in [0.15, 0.2) is 0 Å². The highest BCUT2D eigenvalue weighted by atomic mass is 16.2. The lowest BCUT2D eigenvalue weighted by Crippen LogP contribution is -2.56. The van der Waals surface area contributed by atoms with E-state index in [1.807, 2.05) is 0 Å². The first-order valence-corrected chi connectivity index (χ1v) is 29.1. The molecule has 0 aliphatic carbocycles. The third-order valence-electron chi connectivity index (χ3n) is 13.3. The van der Waals surface area contributed by atoms with Crippen LogP contribution in [0.4, 0.5) is 0 Å². The van der Waals surface area contributed by atoms with E-state index < -0.39 is 41.8 Å². The summed E-state index contributed by atoms with van der Waals surface area (Å²) in [6, 6.07) is -3.01. The molecule has 0 aromatic rings. The van der Waals surface area contributed by atoms with Gasteiger partial charge in [-0.05, 0) is 103 Å². The molecule has 0 radical (unpaired) electrons. The molecule has 71 heavy (non-hydrogen) atoms. The summed E-state index contributed by atoms with van der Waals surface area (Å²) in [5, 5.41) is 14.2. The molecule has 6 amide bonds. The second kappa shape index (κ2) is 50.0. The number of allylic oxidation sites excluding steroid dienone is 1. The van der Waals surface area contributed by atoms with E-state index >= 15 is 0 Å². The minimum atomic E-state index is -1.05. The number of unbranched alkanes of at least 4 members (excludes halogenated alkanes) is 28. The highest BCUT2D eigenvalue weighted by molar-refractivity contribution is 6.00. The Kier molecular flexibility index (Phi) is 47.5. The molecule has 15 heteroatoms. The van der Waals surface area contributed by atoms with E-state index in [-0.39, 0.29) is 36.8 Å². The molecule has 0 fully saturated rings. The molecule has 0 bridgehead atoms. The average Bonchev–Trinajstić information content (AvgIpc) is 3.35. The summed E-state index contributed by atoms with van der Waals surface area (Å²) >= 11 is 0. The highest BCUT2D eigenvalue weighted by Crippen LogP contribution is 2.15. The van der Waals surface area contributed by atoms with Gasteiger partial charge in [-0.2, -0.15) is 0 Å². The van der Waals surface area contributed by atoms with E-state index in [0.29, 0.717) is 96.8 Å². The maximum absolute atomic E-state index is 14.0. The molecule has 0 spiro atoms. The van der Waals surface area contributed by atoms with Crippen molar-refractivity contribution >= 4 is 35.4 Å². The summed E-state index contributed by atoms with van der Waals surface area (Å²) in [5.74, 6) is -2.71. The zero-order valence-corrected chi connectivity index (χ0v) is 45.5. The lowest BCUT2D eigenvalue weighted by atomic mass is 10.0. The molecule has 0 saturated heterocycles. The Bertz CT molecular complexity index is 1380. The molecule has 0 heterocycles. The van der Waals surface area contributed by atoms with Crippen molar-refractivity contribution in [3.05, 3.63) is 11.8 Å². The molecular weight excluding hydrogens is 895 g/mol. The Balaban J connectivity index is 5.59. The predicted octanol–water partition coefficient (Wildman–Crippen LogP) is 9.17. The fourth-order valence-corrected chi connectivity index (χ4v) is 8.77. The molecule has 0 aromatic heterocycles. The Labute approximate surface area is 432 Å². The number of amides is 6. The van der Waals surface area contributed by atoms with Crippen LogP contribution >= 0.6 is 0 Å². The van der Waals surface area contributed by atoms with Crippen LogP contribution in [0.3, 0.4) is 0 Å². The maximum Gasteiger partial charge on any atom is 0.268 e. The molecule has 0 aromatic carbocycles. The standard InChI is InChI=1S/C56H109N9O6/c1-3-5-7-9-11-13-15-17-19-21-23-25-27-41-51(66)61-46-36-32-40-48(62-52(67)42-28-26-24-22-20-18-16-14-12-10-8-6-4-2)54(69)64-50(39-31-35-45-59)56(71)65-49(38-30-34-44-58)55(70)63-47(53(60)68)37-29-33-43-57/h40,47,49-50H,3-39,41-46,57-59H2,1-2H3,(H2,60,68)(H,61,66)(H,62,67)(H,63,70)(H,64,69)(H,65,71)/b48-40-/t47-,49?,50?/m1/s1. The third kappa shape index (κ3) is 41.6. The summed E-state index contributed by atoms with van der Waals surface area (Å²) in [6.07, 6.45) is 39.4. The second-order valence-corrected chi connectivity index (χ2v) is 20.0. The van der Waals surface area contributed by atoms with Crippen LogP contribution in [0.15, 0.2) is 11.8 Å². The van der Waals surface area contributed by atoms with Gasteiger partial charge < -0.3 is 49.5 Å². The van der Waals surface area contributed by atoms with Crippen molar-refractivity contribution in [2.45, 2.75) is 282 Å². The minimum Gasteiger partial charge on any atom is -0.368 e. The zero-order chi connectivity index (χ0) is 52.4. The molecule has 3 atom stereocenters. The van der Waals surface area contributed by atoms with Gasteiger partial charge in [0.25, 0.3) is 5.91 Å². The quantitative estimate of drug-likeness (QED) is 0.0207. The molecule has 13 N–H and O–H groups in total. The van der Waals surface area contributed by atoms with Crippen LogP contribution in [0.5, 0.6) is 0 Å². The van der Waals surface area contributed by atoms with Gasteiger partial charge in [0, 0.05) is 19.4 Å². The van der Waals surface area contributed by atoms with Crippen LogP contribution < -0.4 is 49.5 Å². The summed E-state index contributed by atoms with van der Waals surface area (Å²) in [6.45, 7) is 6.15. The van der Waals surface area contributed by atoms with Crippen LogP contribution in [0.1, 0.15) is 264 Å². The van der Waals surface area contributed by atoms with Gasteiger partial charge in [-0.1, -0.05) is 174 Å². The molecule has 414 valence electrons. The number of hydrogen-bond acceptors (Lipinski definition) is 9. The molecule has 2 unspecified atom stereocenters.